The number of hydrogen-bond donors (Lipinski definition) is 2. The van der Waals surface area contributed by atoms with Gasteiger partial charge in [-0.15, -0.1) is 0 Å². The summed E-state index contributed by atoms with van der Waals surface area (Å²) in [6, 6.07) is 0. The predicted octanol–water partition coefficient (Wildman–Crippen LogP) is 1.29. The zero-order valence-corrected chi connectivity index (χ0v) is 10.8. The van der Waals surface area contributed by atoms with Crippen LogP contribution in [0.15, 0.2) is 0 Å². The molecule has 4 heteroatoms. The summed E-state index contributed by atoms with van der Waals surface area (Å²) in [4.78, 5) is 0. The van der Waals surface area contributed by atoms with Gasteiger partial charge in [-0.3, -0.25) is 0 Å². The smallest absolute Gasteiger partial charge is 0.0965 e. The van der Waals surface area contributed by atoms with E-state index in [1.165, 1.54) is 0 Å². The largest absolute Gasteiger partial charge is 0.535 e. The molecule has 0 aromatic rings. The van der Waals surface area contributed by atoms with Gasteiger partial charge in [-0.05, 0) is 6.92 Å². The molecule has 0 aromatic carbocycles. The molecule has 0 fully saturated rings. The van der Waals surface area contributed by atoms with Crippen LogP contribution in [0.5, 0.6) is 0 Å². The van der Waals surface area contributed by atoms with Crippen molar-refractivity contribution in [3.05, 3.63) is 6.10 Å². The SMILES string of the molecule is CC[C-](C)OC(C)NO.[U]. The van der Waals surface area contributed by atoms with Gasteiger partial charge in [0.25, 0.3) is 0 Å². The minimum atomic E-state index is -0.301. The molecule has 1 unspecified atom stereocenters. The molecule has 0 aliphatic rings. The molecular weight excluding hydrogens is 356 g/mol. The predicted molar refractivity (Wildman–Crippen MR) is 34.7 cm³/mol. The fraction of sp³-hybridized carbons (Fsp3) is 0.833. The second kappa shape index (κ2) is 8.03. The van der Waals surface area contributed by atoms with Gasteiger partial charge in [0.1, 0.15) is 0 Å². The zero-order chi connectivity index (χ0) is 7.28. The van der Waals surface area contributed by atoms with E-state index in [1.807, 2.05) is 19.3 Å². The average Bonchev–Trinajstić information content (AvgIpc) is 1.87. The van der Waals surface area contributed by atoms with Crippen LogP contribution in [0.4, 0.5) is 0 Å². The van der Waals surface area contributed by atoms with Crippen LogP contribution in [0.2, 0.25) is 0 Å². The molecule has 0 rings (SSSR count). The molecule has 1 atom stereocenters. The second-order valence-electron chi connectivity index (χ2n) is 1.94. The Morgan fingerprint density at radius 3 is 2.50 bits per heavy atom. The second-order valence-corrected chi connectivity index (χ2v) is 1.94. The number of hydrogen-bond acceptors (Lipinski definition) is 3. The Balaban J connectivity index is 0. The minimum absolute atomic E-state index is 0. The maximum atomic E-state index is 8.29. The summed E-state index contributed by atoms with van der Waals surface area (Å²) in [6.07, 6.45) is 1.50. The number of nitrogens with one attached hydrogen (secondary N) is 1. The van der Waals surface area contributed by atoms with Gasteiger partial charge in [0.2, 0.25) is 0 Å². The van der Waals surface area contributed by atoms with Crippen LogP contribution in [0.3, 0.4) is 0 Å². The monoisotopic (exact) mass is 370 g/mol. The van der Waals surface area contributed by atoms with Crippen molar-refractivity contribution < 1.29 is 41.1 Å². The Kier molecular flexibility index (Phi) is 10.9. The Morgan fingerprint density at radius 2 is 2.20 bits per heavy atom. The van der Waals surface area contributed by atoms with Gasteiger partial charge in [-0.2, -0.15) is 24.9 Å². The van der Waals surface area contributed by atoms with Crippen molar-refractivity contribution in [1.82, 2.24) is 5.48 Å². The van der Waals surface area contributed by atoms with Gasteiger partial charge in [0.15, 0.2) is 0 Å². The van der Waals surface area contributed by atoms with Gasteiger partial charge in [-0.1, -0.05) is 6.92 Å². The first-order valence-corrected chi connectivity index (χ1v) is 3.09. The van der Waals surface area contributed by atoms with E-state index in [0.29, 0.717) is 0 Å². The van der Waals surface area contributed by atoms with Crippen molar-refractivity contribution in [2.24, 2.45) is 0 Å². The van der Waals surface area contributed by atoms with E-state index >= 15 is 0 Å². The third-order valence-electron chi connectivity index (χ3n) is 1.06. The molecule has 3 nitrogen and oxygen atoms in total. The summed E-state index contributed by atoms with van der Waals surface area (Å²) in [5, 5.41) is 8.29. The standard InChI is InChI=1S/C6H14NO2.U/c1-4-5(2)9-6(3)7-8;/h6-8H,4H2,1-3H3;/q-1;. The molecule has 0 radical (unpaired) electrons. The van der Waals surface area contributed by atoms with Gasteiger partial charge in [0.05, 0.1) is 6.23 Å². The summed E-state index contributed by atoms with van der Waals surface area (Å²) in [7, 11) is 0. The minimum Gasteiger partial charge on any atom is -0.535 e. The molecule has 0 aliphatic carbocycles. The molecule has 0 saturated carbocycles. The zero-order valence-electron chi connectivity index (χ0n) is 6.64. The van der Waals surface area contributed by atoms with Crippen LogP contribution in [0.25, 0.3) is 0 Å². The third kappa shape index (κ3) is 7.04. The maximum Gasteiger partial charge on any atom is 0.0965 e. The molecule has 0 aromatic heterocycles. The molecule has 60 valence electrons. The first kappa shape index (κ1) is 13.5. The van der Waals surface area contributed by atoms with Gasteiger partial charge in [-0.25, -0.2) is 0 Å². The van der Waals surface area contributed by atoms with Crippen molar-refractivity contribution in [3.8, 4) is 0 Å². The maximum absolute atomic E-state index is 8.29. The van der Waals surface area contributed by atoms with Crippen molar-refractivity contribution in [2.45, 2.75) is 33.4 Å². The van der Waals surface area contributed by atoms with Crippen LogP contribution in [-0.2, 0) is 4.74 Å². The molecule has 2 N–H and O–H groups in total. The van der Waals surface area contributed by atoms with E-state index in [1.54, 1.807) is 6.92 Å². The molecule has 0 heterocycles. The van der Waals surface area contributed by atoms with Crippen LogP contribution in [0.1, 0.15) is 27.2 Å². The Morgan fingerprint density at radius 1 is 1.70 bits per heavy atom. The quantitative estimate of drug-likeness (QED) is 0.445. The van der Waals surface area contributed by atoms with E-state index in [2.05, 4.69) is 0 Å². The van der Waals surface area contributed by atoms with E-state index in [-0.39, 0.29) is 37.3 Å². The van der Waals surface area contributed by atoms with Crippen molar-refractivity contribution in [2.75, 3.05) is 0 Å². The molecular formula is C6H14NO2U-. The molecule has 0 spiro atoms. The number of ether oxygens (including phenoxy) is 1. The van der Waals surface area contributed by atoms with E-state index in [4.69, 9.17) is 9.94 Å². The summed E-state index contributed by atoms with van der Waals surface area (Å²) in [5.41, 5.74) is 1.99. The van der Waals surface area contributed by atoms with Gasteiger partial charge < -0.3 is 9.94 Å². The van der Waals surface area contributed by atoms with Crippen LogP contribution in [0, 0.1) is 37.2 Å². The first-order valence-electron chi connectivity index (χ1n) is 3.09. The van der Waals surface area contributed by atoms with Crippen molar-refractivity contribution in [1.29, 1.82) is 0 Å². The van der Waals surface area contributed by atoms with Crippen molar-refractivity contribution in [3.63, 3.8) is 0 Å². The van der Waals surface area contributed by atoms with E-state index < -0.39 is 0 Å². The summed E-state index contributed by atoms with van der Waals surface area (Å²) in [6.45, 7) is 5.62. The normalized spacial score (nSPS) is 12.9. The van der Waals surface area contributed by atoms with E-state index in [0.717, 1.165) is 12.5 Å². The average molecular weight is 370 g/mol. The number of rotatable bonds is 4. The van der Waals surface area contributed by atoms with E-state index in [9.17, 15) is 0 Å². The Labute approximate surface area is 85.9 Å². The number of hydroxylamine groups is 1. The molecule has 0 amide bonds. The molecule has 0 saturated heterocycles. The Hall–Kier alpha value is 0.932. The topological polar surface area (TPSA) is 41.5 Å². The third-order valence-corrected chi connectivity index (χ3v) is 1.06. The molecule has 0 bridgehead atoms. The fourth-order valence-corrected chi connectivity index (χ4v) is 0.411. The molecule has 0 aliphatic heterocycles. The summed E-state index contributed by atoms with van der Waals surface area (Å²) in [5.74, 6) is 0. The van der Waals surface area contributed by atoms with Gasteiger partial charge >= 0.3 is 0 Å². The fourth-order valence-electron chi connectivity index (χ4n) is 0.411. The van der Waals surface area contributed by atoms with Crippen LogP contribution >= 0.6 is 0 Å². The first-order chi connectivity index (χ1) is 4.20. The van der Waals surface area contributed by atoms with Crippen LogP contribution in [-0.4, -0.2) is 11.4 Å². The van der Waals surface area contributed by atoms with Crippen LogP contribution < -0.4 is 5.48 Å². The van der Waals surface area contributed by atoms with Crippen molar-refractivity contribution >= 4 is 0 Å². The van der Waals surface area contributed by atoms with Gasteiger partial charge in [0, 0.05) is 31.1 Å². The summed E-state index contributed by atoms with van der Waals surface area (Å²) >= 11 is 0. The summed E-state index contributed by atoms with van der Waals surface area (Å²) < 4.78 is 5.10. The Bertz CT molecular complexity index is 64.8. The molecule has 10 heavy (non-hydrogen) atoms.